The van der Waals surface area contributed by atoms with Crippen molar-refractivity contribution in [2.75, 3.05) is 40.3 Å². The van der Waals surface area contributed by atoms with Crippen LogP contribution >= 0.6 is 0 Å². The minimum absolute atomic E-state index is 0.0751. The molecule has 2 aromatic carbocycles. The van der Waals surface area contributed by atoms with Crippen LogP contribution in [0.2, 0.25) is 0 Å². The van der Waals surface area contributed by atoms with E-state index in [1.54, 1.807) is 12.1 Å². The molecule has 8 rings (SSSR count). The molecule has 0 radical (unpaired) electrons. The summed E-state index contributed by atoms with van der Waals surface area (Å²) in [5.74, 6) is -0.323. The zero-order valence-corrected chi connectivity index (χ0v) is 28.8. The summed E-state index contributed by atoms with van der Waals surface area (Å²) in [5, 5.41) is 1.04. The smallest absolute Gasteiger partial charge is 0.303 e. The lowest BCUT2D eigenvalue weighted by atomic mass is 9.84. The second kappa shape index (κ2) is 12.0. The molecular formula is C38H45N5O4S. The molecule has 2 amide bonds. The first-order valence-electron chi connectivity index (χ1n) is 17.5. The lowest BCUT2D eigenvalue weighted by Gasteiger charge is -2.37. The summed E-state index contributed by atoms with van der Waals surface area (Å²) in [7, 11) is -1.19. The van der Waals surface area contributed by atoms with Crippen LogP contribution in [0.4, 0.5) is 0 Å². The lowest BCUT2D eigenvalue weighted by Crippen LogP contribution is -2.46. The highest BCUT2D eigenvalue weighted by atomic mass is 32.2. The Morgan fingerprint density at radius 2 is 1.75 bits per heavy atom. The maximum atomic E-state index is 14.4. The summed E-state index contributed by atoms with van der Waals surface area (Å²) in [6, 6.07) is 14.3. The Kier molecular flexibility index (Phi) is 7.88. The number of carbonyl (C=O) groups is 2. The standard InChI is InChI=1S/C38H45N5O4S/c1-40(2)48(46,47)39-36(44)28-12-13-32-33(23-28)43-24-29(37(45)41-19-14-30(15-20-41)42-21-18-38(25-42)16-17-38)22-27-10-6-7-11-31(27)35(43)34(32)26-8-4-3-5-9-26/h3-4,6-7,10-13,22-23,26,30H,5,8-9,14-21,24-25H2,1-2H3,(H,39,44). The normalized spacial score (nSPS) is 22.4. The number of amides is 2. The predicted octanol–water partition coefficient (Wildman–Crippen LogP) is 5.54. The van der Waals surface area contributed by atoms with Gasteiger partial charge in [0.05, 0.1) is 12.2 Å². The van der Waals surface area contributed by atoms with Crippen LogP contribution in [0.25, 0.3) is 28.2 Å². The van der Waals surface area contributed by atoms with Gasteiger partial charge in [-0.3, -0.25) is 14.5 Å². The van der Waals surface area contributed by atoms with Crippen LogP contribution in [0.5, 0.6) is 0 Å². The van der Waals surface area contributed by atoms with E-state index >= 15 is 0 Å². The van der Waals surface area contributed by atoms with Gasteiger partial charge >= 0.3 is 10.2 Å². The van der Waals surface area contributed by atoms with Gasteiger partial charge in [-0.25, -0.2) is 4.72 Å². The Balaban J connectivity index is 1.16. The van der Waals surface area contributed by atoms with Crippen LogP contribution in [0.15, 0.2) is 60.2 Å². The zero-order valence-electron chi connectivity index (χ0n) is 28.0. The number of nitrogens with one attached hydrogen (secondary N) is 1. The molecule has 48 heavy (non-hydrogen) atoms. The van der Waals surface area contributed by atoms with Gasteiger partial charge in [-0.05, 0) is 98.6 Å². The highest BCUT2D eigenvalue weighted by Gasteiger charge is 2.49. The molecule has 3 aromatic rings. The minimum Gasteiger partial charge on any atom is -0.339 e. The van der Waals surface area contributed by atoms with E-state index in [2.05, 4.69) is 44.5 Å². The summed E-state index contributed by atoms with van der Waals surface area (Å²) in [5.41, 5.74) is 6.84. The summed E-state index contributed by atoms with van der Waals surface area (Å²) in [6.07, 6.45) is 15.6. The molecule has 3 fully saturated rings. The number of hydrogen-bond donors (Lipinski definition) is 1. The van der Waals surface area contributed by atoms with Gasteiger partial charge in [0.25, 0.3) is 11.8 Å². The molecule has 1 atom stereocenters. The van der Waals surface area contributed by atoms with E-state index < -0.39 is 16.1 Å². The molecule has 0 bridgehead atoms. The third-order valence-electron chi connectivity index (χ3n) is 11.6. The third-order valence-corrected chi connectivity index (χ3v) is 13.0. The Bertz CT molecular complexity index is 1960. The number of aromatic nitrogens is 1. The highest BCUT2D eigenvalue weighted by molar-refractivity contribution is 7.87. The Hall–Kier alpha value is -3.73. The SMILES string of the molecule is CN(C)S(=O)(=O)NC(=O)c1ccc2c(C3CC=CCC3)c3n(c2c1)CC(C(=O)N1CCC(N2CCC4(CC4)C2)CC1)=Cc1ccccc1-3. The number of carbonyl (C=O) groups excluding carboxylic acids is 2. The second-order valence-corrected chi connectivity index (χ2v) is 16.7. The molecule has 3 aliphatic heterocycles. The van der Waals surface area contributed by atoms with Gasteiger partial charge in [0.1, 0.15) is 0 Å². The third kappa shape index (κ3) is 5.61. The molecule has 9 nitrogen and oxygen atoms in total. The van der Waals surface area contributed by atoms with E-state index in [1.165, 1.54) is 52.0 Å². The maximum Gasteiger partial charge on any atom is 0.303 e. The Morgan fingerprint density at radius 1 is 0.958 bits per heavy atom. The summed E-state index contributed by atoms with van der Waals surface area (Å²) in [6.45, 7) is 4.32. The molecule has 1 aromatic heterocycles. The first-order valence-corrected chi connectivity index (χ1v) is 19.0. The van der Waals surface area contributed by atoms with Crippen LogP contribution in [-0.4, -0.2) is 85.2 Å². The van der Waals surface area contributed by atoms with Crippen molar-refractivity contribution in [3.63, 3.8) is 0 Å². The molecule has 1 spiro atoms. The molecule has 10 heteroatoms. The number of fused-ring (bicyclic) bond motifs is 5. The second-order valence-electron chi connectivity index (χ2n) is 14.8. The first kappa shape index (κ1) is 31.5. The van der Waals surface area contributed by atoms with Gasteiger partial charge in [0.15, 0.2) is 0 Å². The van der Waals surface area contributed by atoms with E-state index in [-0.39, 0.29) is 17.4 Å². The van der Waals surface area contributed by atoms with Crippen LogP contribution < -0.4 is 4.72 Å². The predicted molar refractivity (Wildman–Crippen MR) is 189 cm³/mol. The Morgan fingerprint density at radius 3 is 2.46 bits per heavy atom. The van der Waals surface area contributed by atoms with Crippen molar-refractivity contribution in [3.05, 3.63) is 76.9 Å². The topological polar surface area (TPSA) is 95.0 Å². The number of likely N-dealkylation sites (tertiary alicyclic amines) is 2. The molecule has 1 N–H and O–H groups in total. The summed E-state index contributed by atoms with van der Waals surface area (Å²) in [4.78, 5) is 32.4. The van der Waals surface area contributed by atoms with Crippen molar-refractivity contribution in [1.82, 2.24) is 23.4 Å². The van der Waals surface area contributed by atoms with Gasteiger partial charge in [-0.1, -0.05) is 42.5 Å². The molecule has 5 aliphatic rings. The number of rotatable bonds is 6. The lowest BCUT2D eigenvalue weighted by molar-refractivity contribution is -0.128. The fraction of sp³-hybridized carbons (Fsp3) is 0.474. The van der Waals surface area contributed by atoms with Crippen molar-refractivity contribution < 1.29 is 18.0 Å². The molecule has 2 aliphatic carbocycles. The van der Waals surface area contributed by atoms with Gasteiger partial charge < -0.3 is 9.47 Å². The maximum absolute atomic E-state index is 14.4. The van der Waals surface area contributed by atoms with Crippen LogP contribution in [0.3, 0.4) is 0 Å². The molecule has 1 saturated carbocycles. The average molecular weight is 668 g/mol. The minimum atomic E-state index is -3.96. The fourth-order valence-corrected chi connectivity index (χ4v) is 9.12. The summed E-state index contributed by atoms with van der Waals surface area (Å²) < 4.78 is 30.4. The monoisotopic (exact) mass is 667 g/mol. The van der Waals surface area contributed by atoms with Crippen molar-refractivity contribution in [2.24, 2.45) is 5.41 Å². The van der Waals surface area contributed by atoms with E-state index in [4.69, 9.17) is 0 Å². The summed E-state index contributed by atoms with van der Waals surface area (Å²) >= 11 is 0. The number of hydrogen-bond acceptors (Lipinski definition) is 5. The van der Waals surface area contributed by atoms with E-state index in [0.29, 0.717) is 18.0 Å². The largest absolute Gasteiger partial charge is 0.339 e. The number of piperidine rings is 1. The quantitative estimate of drug-likeness (QED) is 0.349. The molecule has 1 unspecified atom stereocenters. The van der Waals surface area contributed by atoms with Crippen molar-refractivity contribution in [2.45, 2.75) is 69.9 Å². The molecular weight excluding hydrogens is 623 g/mol. The van der Waals surface area contributed by atoms with Gasteiger partial charge in [0.2, 0.25) is 0 Å². The van der Waals surface area contributed by atoms with Crippen LogP contribution in [-0.2, 0) is 21.5 Å². The first-order chi connectivity index (χ1) is 23.1. The van der Waals surface area contributed by atoms with E-state index in [9.17, 15) is 18.0 Å². The van der Waals surface area contributed by atoms with Crippen molar-refractivity contribution in [3.8, 4) is 11.3 Å². The van der Waals surface area contributed by atoms with Crippen molar-refractivity contribution in [1.29, 1.82) is 0 Å². The highest BCUT2D eigenvalue weighted by Crippen LogP contribution is 2.53. The molecule has 252 valence electrons. The zero-order chi connectivity index (χ0) is 33.2. The Labute approximate surface area is 283 Å². The number of benzene rings is 2. The van der Waals surface area contributed by atoms with Crippen LogP contribution in [0, 0.1) is 5.41 Å². The average Bonchev–Trinajstić information content (AvgIpc) is 3.66. The van der Waals surface area contributed by atoms with Crippen LogP contribution in [0.1, 0.15) is 78.8 Å². The van der Waals surface area contributed by atoms with Gasteiger partial charge in [-0.2, -0.15) is 12.7 Å². The number of allylic oxidation sites excluding steroid dienone is 2. The number of nitrogens with zero attached hydrogens (tertiary/aromatic N) is 4. The van der Waals surface area contributed by atoms with E-state index in [0.717, 1.165) is 82.8 Å². The van der Waals surface area contributed by atoms with Crippen molar-refractivity contribution >= 4 is 39.0 Å². The fourth-order valence-electron chi connectivity index (χ4n) is 8.58. The van der Waals surface area contributed by atoms with E-state index in [1.807, 2.05) is 23.1 Å². The molecule has 2 saturated heterocycles. The van der Waals surface area contributed by atoms with Gasteiger partial charge in [-0.15, -0.1) is 0 Å². The molecule has 4 heterocycles. The van der Waals surface area contributed by atoms with Gasteiger partial charge in [0, 0.05) is 67.4 Å².